The summed E-state index contributed by atoms with van der Waals surface area (Å²) >= 11 is 7.77. The van der Waals surface area contributed by atoms with Crippen LogP contribution in [0.25, 0.3) is 11.3 Å². The van der Waals surface area contributed by atoms with E-state index in [0.29, 0.717) is 0 Å². The lowest BCUT2D eigenvalue weighted by Crippen LogP contribution is -2.28. The van der Waals surface area contributed by atoms with E-state index in [-0.39, 0.29) is 5.41 Å². The Labute approximate surface area is 169 Å². The van der Waals surface area contributed by atoms with Gasteiger partial charge < -0.3 is 0 Å². The third-order valence-corrected chi connectivity index (χ3v) is 6.33. The maximum absolute atomic E-state index is 6.04. The van der Waals surface area contributed by atoms with Crippen LogP contribution in [-0.4, -0.2) is 4.98 Å². The maximum Gasteiger partial charge on any atom is 0.108 e. The van der Waals surface area contributed by atoms with Crippen LogP contribution in [0.4, 0.5) is 0 Å². The molecule has 0 fully saturated rings. The van der Waals surface area contributed by atoms with Gasteiger partial charge in [0.05, 0.1) is 11.1 Å². The molecule has 0 aliphatic heterocycles. The molecule has 4 aromatic rings. The minimum absolute atomic E-state index is 0.252. The van der Waals surface area contributed by atoms with Crippen LogP contribution >= 0.6 is 22.9 Å². The van der Waals surface area contributed by atoms with Crippen molar-refractivity contribution in [1.29, 1.82) is 0 Å². The molecular formula is C24H20ClNS. The predicted octanol–water partition coefficient (Wildman–Crippen LogP) is 7.21. The number of rotatable bonds is 5. The Morgan fingerprint density at radius 2 is 1.37 bits per heavy atom. The Bertz CT molecular complexity index is 968. The van der Waals surface area contributed by atoms with Crippen LogP contribution in [0.1, 0.15) is 29.5 Å². The number of halogens is 1. The molecule has 0 spiro atoms. The van der Waals surface area contributed by atoms with Crippen LogP contribution in [0.2, 0.25) is 5.02 Å². The normalized spacial score (nSPS) is 11.5. The molecule has 0 bridgehead atoms. The fraction of sp³-hybridized carbons (Fsp3) is 0.125. The summed E-state index contributed by atoms with van der Waals surface area (Å²) in [5, 5.41) is 4.01. The molecule has 0 aliphatic carbocycles. The summed E-state index contributed by atoms with van der Waals surface area (Å²) in [6.07, 6.45) is 0.939. The average Bonchev–Trinajstić information content (AvgIpc) is 3.22. The standard InChI is InChI=1S/C24H20ClNS/c1-2-24(19-9-5-3-6-10-19,20-11-7-4-8-12-20)23-26-22(17-27-23)18-13-15-21(25)16-14-18/h3-17H,2H2,1H3. The second-order valence-electron chi connectivity index (χ2n) is 6.54. The fourth-order valence-electron chi connectivity index (χ4n) is 3.64. The van der Waals surface area contributed by atoms with Gasteiger partial charge in [-0.25, -0.2) is 4.98 Å². The van der Waals surface area contributed by atoms with Gasteiger partial charge in [0.2, 0.25) is 0 Å². The molecule has 0 aliphatic rings. The topological polar surface area (TPSA) is 12.9 Å². The smallest absolute Gasteiger partial charge is 0.108 e. The summed E-state index contributed by atoms with van der Waals surface area (Å²) in [6.45, 7) is 2.24. The number of thiazole rings is 1. The number of benzene rings is 3. The van der Waals surface area contributed by atoms with Crippen LogP contribution in [0.3, 0.4) is 0 Å². The van der Waals surface area contributed by atoms with Gasteiger partial charge in [0.25, 0.3) is 0 Å². The molecular weight excluding hydrogens is 370 g/mol. The van der Waals surface area contributed by atoms with Gasteiger partial charge in [-0.1, -0.05) is 91.3 Å². The van der Waals surface area contributed by atoms with Crippen molar-refractivity contribution in [2.24, 2.45) is 0 Å². The lowest BCUT2D eigenvalue weighted by molar-refractivity contribution is 0.590. The van der Waals surface area contributed by atoms with Crippen LogP contribution in [0, 0.1) is 0 Å². The van der Waals surface area contributed by atoms with Crippen molar-refractivity contribution in [3.8, 4) is 11.3 Å². The third kappa shape index (κ3) is 3.31. The first-order valence-electron chi connectivity index (χ1n) is 9.07. The van der Waals surface area contributed by atoms with Gasteiger partial charge >= 0.3 is 0 Å². The summed E-state index contributed by atoms with van der Waals surface area (Å²) in [4.78, 5) is 5.08. The molecule has 0 saturated carbocycles. The van der Waals surface area contributed by atoms with Gasteiger partial charge in [0.15, 0.2) is 0 Å². The SMILES string of the molecule is CCC(c1ccccc1)(c1ccccc1)c1nc(-c2ccc(Cl)cc2)cs1. The summed E-state index contributed by atoms with van der Waals surface area (Å²) in [7, 11) is 0. The molecule has 134 valence electrons. The molecule has 3 heteroatoms. The van der Waals surface area contributed by atoms with Gasteiger partial charge in [-0.2, -0.15) is 0 Å². The molecule has 0 amide bonds. The molecule has 0 unspecified atom stereocenters. The second kappa shape index (κ2) is 7.67. The molecule has 1 aromatic heterocycles. The zero-order valence-electron chi connectivity index (χ0n) is 15.1. The van der Waals surface area contributed by atoms with Crippen molar-refractivity contribution in [3.05, 3.63) is 111 Å². The molecule has 0 N–H and O–H groups in total. The Kier molecular flexibility index (Phi) is 5.11. The minimum atomic E-state index is -0.252. The van der Waals surface area contributed by atoms with Crippen molar-refractivity contribution < 1.29 is 0 Å². The monoisotopic (exact) mass is 389 g/mol. The zero-order valence-corrected chi connectivity index (χ0v) is 16.7. The van der Waals surface area contributed by atoms with Crippen LogP contribution in [-0.2, 0) is 5.41 Å². The number of hydrogen-bond donors (Lipinski definition) is 0. The fourth-order valence-corrected chi connectivity index (χ4v) is 4.91. The Morgan fingerprint density at radius 3 is 1.89 bits per heavy atom. The van der Waals surface area contributed by atoms with Gasteiger partial charge in [-0.05, 0) is 29.7 Å². The van der Waals surface area contributed by atoms with E-state index in [1.54, 1.807) is 11.3 Å². The highest BCUT2D eigenvalue weighted by molar-refractivity contribution is 7.10. The molecule has 3 aromatic carbocycles. The average molecular weight is 390 g/mol. The summed E-state index contributed by atoms with van der Waals surface area (Å²) in [5.74, 6) is 0. The lowest BCUT2D eigenvalue weighted by atomic mass is 9.73. The van der Waals surface area contributed by atoms with Crippen molar-refractivity contribution in [2.75, 3.05) is 0 Å². The zero-order chi connectivity index (χ0) is 18.7. The highest BCUT2D eigenvalue weighted by Gasteiger charge is 2.37. The van der Waals surface area contributed by atoms with E-state index in [9.17, 15) is 0 Å². The van der Waals surface area contributed by atoms with E-state index in [1.165, 1.54) is 11.1 Å². The van der Waals surface area contributed by atoms with E-state index in [0.717, 1.165) is 27.7 Å². The number of hydrogen-bond acceptors (Lipinski definition) is 2. The van der Waals surface area contributed by atoms with Crippen LogP contribution in [0.15, 0.2) is 90.3 Å². The Balaban J connectivity index is 1.89. The van der Waals surface area contributed by atoms with E-state index >= 15 is 0 Å². The lowest BCUT2D eigenvalue weighted by Gasteiger charge is -2.32. The summed E-state index contributed by atoms with van der Waals surface area (Å²) in [6, 6.07) is 29.3. The highest BCUT2D eigenvalue weighted by Crippen LogP contribution is 2.44. The molecule has 1 nitrogen and oxygen atoms in total. The van der Waals surface area contributed by atoms with E-state index in [2.05, 4.69) is 73.0 Å². The minimum Gasteiger partial charge on any atom is -0.240 e. The largest absolute Gasteiger partial charge is 0.240 e. The molecule has 0 radical (unpaired) electrons. The van der Waals surface area contributed by atoms with Gasteiger partial charge in [-0.3, -0.25) is 0 Å². The van der Waals surface area contributed by atoms with Crippen molar-refractivity contribution in [1.82, 2.24) is 4.98 Å². The number of nitrogens with zero attached hydrogens (tertiary/aromatic N) is 1. The van der Waals surface area contributed by atoms with Crippen LogP contribution in [0.5, 0.6) is 0 Å². The molecule has 4 rings (SSSR count). The van der Waals surface area contributed by atoms with E-state index in [1.807, 2.05) is 24.3 Å². The first-order chi connectivity index (χ1) is 13.2. The Morgan fingerprint density at radius 1 is 0.815 bits per heavy atom. The van der Waals surface area contributed by atoms with E-state index in [4.69, 9.17) is 16.6 Å². The summed E-state index contributed by atoms with van der Waals surface area (Å²) in [5.41, 5.74) is 4.38. The van der Waals surface area contributed by atoms with Crippen LogP contribution < -0.4 is 0 Å². The summed E-state index contributed by atoms with van der Waals surface area (Å²) < 4.78 is 0. The third-order valence-electron chi connectivity index (χ3n) is 5.07. The maximum atomic E-state index is 6.04. The highest BCUT2D eigenvalue weighted by atomic mass is 35.5. The first kappa shape index (κ1) is 18.0. The molecule has 27 heavy (non-hydrogen) atoms. The van der Waals surface area contributed by atoms with Crippen molar-refractivity contribution in [2.45, 2.75) is 18.8 Å². The van der Waals surface area contributed by atoms with Gasteiger partial charge in [-0.15, -0.1) is 11.3 Å². The van der Waals surface area contributed by atoms with Crippen molar-refractivity contribution in [3.63, 3.8) is 0 Å². The Hall–Kier alpha value is -2.42. The van der Waals surface area contributed by atoms with E-state index < -0.39 is 0 Å². The molecule has 0 atom stereocenters. The quantitative estimate of drug-likeness (QED) is 0.351. The van der Waals surface area contributed by atoms with Gasteiger partial charge in [0.1, 0.15) is 5.01 Å². The van der Waals surface area contributed by atoms with Crippen molar-refractivity contribution >= 4 is 22.9 Å². The molecule has 1 heterocycles. The predicted molar refractivity (Wildman–Crippen MR) is 116 cm³/mol. The van der Waals surface area contributed by atoms with Gasteiger partial charge in [0, 0.05) is 16.0 Å². The number of aromatic nitrogens is 1. The second-order valence-corrected chi connectivity index (χ2v) is 7.83. The first-order valence-corrected chi connectivity index (χ1v) is 10.3. The molecule has 0 saturated heterocycles.